The zero-order valence-corrected chi connectivity index (χ0v) is 5.87. The fourth-order valence-corrected chi connectivity index (χ4v) is 0.698. The van der Waals surface area contributed by atoms with Gasteiger partial charge in [-0.25, -0.2) is 13.8 Å². The van der Waals surface area contributed by atoms with Crippen LogP contribution in [0.25, 0.3) is 0 Å². The lowest BCUT2D eigenvalue weighted by Gasteiger charge is -2.01. The number of hydrogen-bond donors (Lipinski definition) is 1. The molecule has 1 aromatic heterocycles. The highest BCUT2D eigenvalue weighted by atomic mass is 19.3. The molecule has 0 saturated carbocycles. The Hall–Kier alpha value is -1.59. The van der Waals surface area contributed by atoms with Gasteiger partial charge in [0.25, 0.3) is 12.3 Å². The third kappa shape index (κ3) is 1.52. The molecule has 12 heavy (non-hydrogen) atoms. The molecule has 0 saturated heterocycles. The normalized spacial score (nSPS) is 10.2. The summed E-state index contributed by atoms with van der Waals surface area (Å²) in [5.41, 5.74) is 3.62. The quantitative estimate of drug-likeness (QED) is 0.708. The minimum absolute atomic E-state index is 0.479. The van der Waals surface area contributed by atoms with Gasteiger partial charge in [0.1, 0.15) is 5.69 Å². The van der Waals surface area contributed by atoms with Crippen LogP contribution in [0.15, 0.2) is 12.4 Å². The lowest BCUT2D eigenvalue weighted by Crippen LogP contribution is -2.16. The Balaban J connectivity index is 3.17. The van der Waals surface area contributed by atoms with Gasteiger partial charge >= 0.3 is 0 Å². The Morgan fingerprint density at radius 2 is 2.00 bits per heavy atom. The van der Waals surface area contributed by atoms with Crippen molar-refractivity contribution in [1.82, 2.24) is 9.97 Å². The summed E-state index contributed by atoms with van der Waals surface area (Å²) in [5.74, 6) is -1.00. The topological polar surface area (TPSA) is 68.9 Å². The van der Waals surface area contributed by atoms with E-state index in [0.29, 0.717) is 0 Å². The van der Waals surface area contributed by atoms with Crippen LogP contribution in [0.2, 0.25) is 0 Å². The Labute approximate surface area is 66.4 Å². The highest BCUT2D eigenvalue weighted by molar-refractivity contribution is 5.91. The zero-order chi connectivity index (χ0) is 9.14. The van der Waals surface area contributed by atoms with Crippen molar-refractivity contribution >= 4 is 5.91 Å². The predicted molar refractivity (Wildman–Crippen MR) is 35.5 cm³/mol. The lowest BCUT2D eigenvalue weighted by molar-refractivity contribution is 0.0976. The van der Waals surface area contributed by atoms with Gasteiger partial charge in [0, 0.05) is 12.4 Å². The number of hydrogen-bond acceptors (Lipinski definition) is 3. The van der Waals surface area contributed by atoms with Crippen molar-refractivity contribution in [2.75, 3.05) is 0 Å². The number of carbonyl (C=O) groups excluding carboxylic acids is 1. The number of halogens is 2. The number of rotatable bonds is 2. The van der Waals surface area contributed by atoms with Gasteiger partial charge in [-0.15, -0.1) is 0 Å². The molecule has 0 aliphatic rings. The monoisotopic (exact) mass is 173 g/mol. The standard InChI is InChI=1S/C6H5F2N3O/c7-5(8)3-4(6(9)12)11-2-1-10-3/h1-2,5H,(H2,9,12). The molecule has 0 bridgehead atoms. The van der Waals surface area contributed by atoms with E-state index in [1.165, 1.54) is 0 Å². The average Bonchev–Trinajstić information content (AvgIpc) is 2.04. The molecule has 0 aliphatic heterocycles. The molecule has 0 aromatic carbocycles. The molecule has 0 fully saturated rings. The van der Waals surface area contributed by atoms with E-state index >= 15 is 0 Å². The van der Waals surface area contributed by atoms with Crippen molar-refractivity contribution < 1.29 is 13.6 Å². The predicted octanol–water partition coefficient (Wildman–Crippen LogP) is 0.513. The van der Waals surface area contributed by atoms with E-state index in [-0.39, 0.29) is 0 Å². The summed E-state index contributed by atoms with van der Waals surface area (Å²) in [6.45, 7) is 0. The first-order valence-corrected chi connectivity index (χ1v) is 3.01. The summed E-state index contributed by atoms with van der Waals surface area (Å²) < 4.78 is 24.2. The van der Waals surface area contributed by atoms with Gasteiger partial charge in [-0.3, -0.25) is 9.78 Å². The molecule has 2 N–H and O–H groups in total. The van der Waals surface area contributed by atoms with Crippen LogP contribution < -0.4 is 5.73 Å². The summed E-state index contributed by atoms with van der Waals surface area (Å²) in [6.07, 6.45) is -0.624. The van der Waals surface area contributed by atoms with Crippen LogP contribution in [0.5, 0.6) is 0 Å². The van der Waals surface area contributed by atoms with Gasteiger partial charge < -0.3 is 5.73 Å². The van der Waals surface area contributed by atoms with Crippen LogP contribution in [0.1, 0.15) is 22.6 Å². The minimum atomic E-state index is -2.83. The van der Waals surface area contributed by atoms with Crippen LogP contribution in [0, 0.1) is 0 Å². The number of primary amides is 1. The zero-order valence-electron chi connectivity index (χ0n) is 5.87. The van der Waals surface area contributed by atoms with Crippen LogP contribution in [0.4, 0.5) is 8.78 Å². The first kappa shape index (κ1) is 8.51. The SMILES string of the molecule is NC(=O)c1nccnc1C(F)F. The van der Waals surface area contributed by atoms with Crippen molar-refractivity contribution in [3.63, 3.8) is 0 Å². The van der Waals surface area contributed by atoms with Gasteiger partial charge in [-0.2, -0.15) is 0 Å². The number of aromatic nitrogens is 2. The van der Waals surface area contributed by atoms with Gasteiger partial charge in [-0.1, -0.05) is 0 Å². The van der Waals surface area contributed by atoms with Crippen molar-refractivity contribution in [2.24, 2.45) is 5.73 Å². The minimum Gasteiger partial charge on any atom is -0.364 e. The maximum absolute atomic E-state index is 12.1. The molecule has 1 heterocycles. The second-order valence-electron chi connectivity index (χ2n) is 1.96. The van der Waals surface area contributed by atoms with E-state index in [0.717, 1.165) is 12.4 Å². The first-order chi connectivity index (χ1) is 5.63. The molecular formula is C6H5F2N3O. The van der Waals surface area contributed by atoms with E-state index in [2.05, 4.69) is 9.97 Å². The maximum atomic E-state index is 12.1. The summed E-state index contributed by atoms with van der Waals surface area (Å²) in [4.78, 5) is 17.2. The third-order valence-corrected chi connectivity index (χ3v) is 1.17. The Morgan fingerprint density at radius 1 is 1.42 bits per heavy atom. The smallest absolute Gasteiger partial charge is 0.282 e. The Bertz CT molecular complexity index is 303. The molecule has 1 aromatic rings. The van der Waals surface area contributed by atoms with Gasteiger partial charge in [-0.05, 0) is 0 Å². The molecule has 0 spiro atoms. The van der Waals surface area contributed by atoms with Crippen LogP contribution in [0.3, 0.4) is 0 Å². The van der Waals surface area contributed by atoms with E-state index in [9.17, 15) is 13.6 Å². The molecule has 0 unspecified atom stereocenters. The molecular weight excluding hydrogens is 168 g/mol. The maximum Gasteiger partial charge on any atom is 0.282 e. The molecule has 64 valence electrons. The molecule has 1 amide bonds. The molecule has 0 radical (unpaired) electrons. The van der Waals surface area contributed by atoms with Crippen LogP contribution >= 0.6 is 0 Å². The Morgan fingerprint density at radius 3 is 2.42 bits per heavy atom. The van der Waals surface area contributed by atoms with E-state index in [1.54, 1.807) is 0 Å². The number of nitrogens with zero attached hydrogens (tertiary/aromatic N) is 2. The number of alkyl halides is 2. The largest absolute Gasteiger partial charge is 0.364 e. The van der Waals surface area contributed by atoms with Crippen molar-refractivity contribution in [1.29, 1.82) is 0 Å². The van der Waals surface area contributed by atoms with Crippen molar-refractivity contribution in [3.05, 3.63) is 23.8 Å². The fourth-order valence-electron chi connectivity index (χ4n) is 0.698. The second kappa shape index (κ2) is 3.21. The number of nitrogens with two attached hydrogens (primary N) is 1. The number of amides is 1. The second-order valence-corrected chi connectivity index (χ2v) is 1.96. The number of carbonyl (C=O) groups is 1. The molecule has 1 rings (SSSR count). The van der Waals surface area contributed by atoms with Crippen molar-refractivity contribution in [2.45, 2.75) is 6.43 Å². The molecule has 0 atom stereocenters. The molecule has 0 aliphatic carbocycles. The van der Waals surface area contributed by atoms with Gasteiger partial charge in [0.2, 0.25) is 0 Å². The highest BCUT2D eigenvalue weighted by Crippen LogP contribution is 2.17. The molecule has 4 nitrogen and oxygen atoms in total. The van der Waals surface area contributed by atoms with Gasteiger partial charge in [0.15, 0.2) is 5.69 Å². The highest BCUT2D eigenvalue weighted by Gasteiger charge is 2.18. The van der Waals surface area contributed by atoms with Crippen molar-refractivity contribution in [3.8, 4) is 0 Å². The summed E-state index contributed by atoms with van der Waals surface area (Å²) >= 11 is 0. The average molecular weight is 173 g/mol. The summed E-state index contributed by atoms with van der Waals surface area (Å²) in [7, 11) is 0. The third-order valence-electron chi connectivity index (χ3n) is 1.17. The first-order valence-electron chi connectivity index (χ1n) is 3.01. The summed E-state index contributed by atoms with van der Waals surface area (Å²) in [5, 5.41) is 0. The lowest BCUT2D eigenvalue weighted by atomic mass is 10.3. The molecule has 6 heteroatoms. The van der Waals surface area contributed by atoms with Crippen LogP contribution in [-0.2, 0) is 0 Å². The van der Waals surface area contributed by atoms with Gasteiger partial charge in [0.05, 0.1) is 0 Å². The summed E-state index contributed by atoms with van der Waals surface area (Å²) in [6, 6.07) is 0. The van der Waals surface area contributed by atoms with E-state index in [4.69, 9.17) is 5.73 Å². The van der Waals surface area contributed by atoms with Crippen LogP contribution in [-0.4, -0.2) is 15.9 Å². The Kier molecular flexibility index (Phi) is 2.27. The van der Waals surface area contributed by atoms with E-state index in [1.807, 2.05) is 0 Å². The fraction of sp³-hybridized carbons (Fsp3) is 0.167. The van der Waals surface area contributed by atoms with E-state index < -0.39 is 23.7 Å².